The molecule has 7 nitrogen and oxygen atoms in total. The highest BCUT2D eigenvalue weighted by molar-refractivity contribution is 5.69. The van der Waals surface area contributed by atoms with Crippen molar-refractivity contribution in [2.75, 3.05) is 49.8 Å². The van der Waals surface area contributed by atoms with Crippen LogP contribution in [0.3, 0.4) is 0 Å². The molecule has 0 radical (unpaired) electrons. The summed E-state index contributed by atoms with van der Waals surface area (Å²) in [5, 5.41) is 0. The van der Waals surface area contributed by atoms with Gasteiger partial charge >= 0.3 is 0 Å². The number of morpholine rings is 1. The average molecular weight is 413 g/mol. The maximum absolute atomic E-state index is 5.51. The van der Waals surface area contributed by atoms with Crippen LogP contribution in [0.15, 0.2) is 48.8 Å². The summed E-state index contributed by atoms with van der Waals surface area (Å²) in [6, 6.07) is 11.8. The predicted molar refractivity (Wildman–Crippen MR) is 119 cm³/mol. The Balaban J connectivity index is 1.57. The Morgan fingerprint density at radius 2 is 1.94 bits per heavy atom. The number of nitrogens with zero attached hydrogens (tertiary/aromatic N) is 5. The van der Waals surface area contributed by atoms with Crippen molar-refractivity contribution in [3.63, 3.8) is 0 Å². The normalized spacial score (nSPS) is 15.3. The fraction of sp³-hybridized carbons (Fsp3) is 0.292. The van der Waals surface area contributed by atoms with E-state index < -0.39 is 0 Å². The number of hydrogen-bond acceptors (Lipinski definition) is 7. The first-order valence-electron chi connectivity index (χ1n) is 10.4. The fourth-order valence-electron chi connectivity index (χ4n) is 3.85. The largest absolute Gasteiger partial charge is 0.497 e. The number of rotatable bonds is 3. The van der Waals surface area contributed by atoms with Crippen molar-refractivity contribution in [1.82, 2.24) is 15.0 Å². The SMILES string of the molecule is COc1cccc(C#Cc2nc(N3CCOCC3)nc3c2CCN3c2cccnc2)c1. The summed E-state index contributed by atoms with van der Waals surface area (Å²) >= 11 is 0. The first kappa shape index (κ1) is 19.3. The van der Waals surface area contributed by atoms with Crippen LogP contribution in [-0.4, -0.2) is 54.9 Å². The second-order valence-electron chi connectivity index (χ2n) is 7.37. The van der Waals surface area contributed by atoms with E-state index in [0.29, 0.717) is 19.2 Å². The van der Waals surface area contributed by atoms with Crippen LogP contribution < -0.4 is 14.5 Å². The molecule has 1 fully saturated rings. The summed E-state index contributed by atoms with van der Waals surface area (Å²) in [4.78, 5) is 18.5. The second kappa shape index (κ2) is 8.62. The van der Waals surface area contributed by atoms with Crippen molar-refractivity contribution in [2.45, 2.75) is 6.42 Å². The fourth-order valence-corrected chi connectivity index (χ4v) is 3.85. The first-order chi connectivity index (χ1) is 15.3. The van der Waals surface area contributed by atoms with Crippen molar-refractivity contribution < 1.29 is 9.47 Å². The number of fused-ring (bicyclic) bond motifs is 1. The van der Waals surface area contributed by atoms with E-state index in [2.05, 4.69) is 32.7 Å². The molecule has 0 saturated carbocycles. The van der Waals surface area contributed by atoms with Crippen LogP contribution in [0.5, 0.6) is 5.75 Å². The maximum atomic E-state index is 5.51. The summed E-state index contributed by atoms with van der Waals surface area (Å²) in [5.74, 6) is 8.97. The molecule has 2 aromatic heterocycles. The number of ether oxygens (including phenoxy) is 2. The highest BCUT2D eigenvalue weighted by atomic mass is 16.5. The maximum Gasteiger partial charge on any atom is 0.228 e. The molecule has 0 amide bonds. The van der Waals surface area contributed by atoms with Crippen molar-refractivity contribution >= 4 is 17.5 Å². The summed E-state index contributed by atoms with van der Waals surface area (Å²) < 4.78 is 10.8. The molecule has 0 N–H and O–H groups in total. The number of hydrogen-bond donors (Lipinski definition) is 0. The Labute approximate surface area is 181 Å². The standard InChI is InChI=1S/C24H23N5O2/c1-30-20-6-2-4-18(16-20)7-8-22-21-9-11-29(19-5-3-10-25-17-19)23(21)27-24(26-22)28-12-14-31-15-13-28/h2-6,10,16-17H,9,11-15H2,1H3. The van der Waals surface area contributed by atoms with Crippen molar-refractivity contribution in [1.29, 1.82) is 0 Å². The lowest BCUT2D eigenvalue weighted by molar-refractivity contribution is 0.122. The molecule has 4 heterocycles. The Bertz CT molecular complexity index is 1130. The quantitative estimate of drug-likeness (QED) is 0.612. The molecule has 0 spiro atoms. The zero-order valence-corrected chi connectivity index (χ0v) is 17.4. The summed E-state index contributed by atoms with van der Waals surface area (Å²) in [6.07, 6.45) is 4.49. The molecule has 0 atom stereocenters. The minimum Gasteiger partial charge on any atom is -0.497 e. The molecule has 0 bridgehead atoms. The first-order valence-corrected chi connectivity index (χ1v) is 10.4. The van der Waals surface area contributed by atoms with Gasteiger partial charge < -0.3 is 19.3 Å². The van der Waals surface area contributed by atoms with Gasteiger partial charge in [-0.3, -0.25) is 4.98 Å². The van der Waals surface area contributed by atoms with E-state index in [-0.39, 0.29) is 0 Å². The van der Waals surface area contributed by atoms with Gasteiger partial charge in [-0.15, -0.1) is 0 Å². The van der Waals surface area contributed by atoms with Crippen LogP contribution >= 0.6 is 0 Å². The lowest BCUT2D eigenvalue weighted by Gasteiger charge is -2.28. The molecular weight excluding hydrogens is 390 g/mol. The van der Waals surface area contributed by atoms with Crippen molar-refractivity contribution in [3.05, 3.63) is 65.6 Å². The van der Waals surface area contributed by atoms with Crippen LogP contribution in [-0.2, 0) is 11.2 Å². The molecule has 5 rings (SSSR count). The average Bonchev–Trinajstić information content (AvgIpc) is 3.28. The zero-order chi connectivity index (χ0) is 21.0. The van der Waals surface area contributed by atoms with Crippen LogP contribution in [0.25, 0.3) is 0 Å². The molecule has 7 heteroatoms. The molecule has 2 aliphatic rings. The number of methoxy groups -OCH3 is 1. The highest BCUT2D eigenvalue weighted by Gasteiger charge is 2.28. The van der Waals surface area contributed by atoms with Crippen LogP contribution in [0, 0.1) is 11.8 Å². The Morgan fingerprint density at radius 1 is 1.03 bits per heavy atom. The molecule has 1 aromatic carbocycles. The topological polar surface area (TPSA) is 63.6 Å². The van der Waals surface area contributed by atoms with Gasteiger partial charge in [-0.25, -0.2) is 4.98 Å². The highest BCUT2D eigenvalue weighted by Crippen LogP contribution is 2.35. The zero-order valence-electron chi connectivity index (χ0n) is 17.4. The molecule has 0 aliphatic carbocycles. The second-order valence-corrected chi connectivity index (χ2v) is 7.37. The number of pyridine rings is 1. The van der Waals surface area contributed by atoms with E-state index in [9.17, 15) is 0 Å². The smallest absolute Gasteiger partial charge is 0.228 e. The van der Waals surface area contributed by atoms with Gasteiger partial charge in [0.15, 0.2) is 0 Å². The van der Waals surface area contributed by atoms with E-state index >= 15 is 0 Å². The molecular formula is C24H23N5O2. The molecule has 31 heavy (non-hydrogen) atoms. The Morgan fingerprint density at radius 3 is 2.74 bits per heavy atom. The van der Waals surface area contributed by atoms with Crippen LogP contribution in [0.1, 0.15) is 16.8 Å². The van der Waals surface area contributed by atoms with E-state index in [1.54, 1.807) is 13.3 Å². The van der Waals surface area contributed by atoms with Gasteiger partial charge in [-0.1, -0.05) is 12.0 Å². The molecule has 0 unspecified atom stereocenters. The third-order valence-electron chi connectivity index (χ3n) is 5.46. The van der Waals surface area contributed by atoms with E-state index in [1.165, 1.54) is 0 Å². The van der Waals surface area contributed by atoms with E-state index in [1.807, 2.05) is 36.5 Å². The lowest BCUT2D eigenvalue weighted by Crippen LogP contribution is -2.37. The third kappa shape index (κ3) is 4.03. The van der Waals surface area contributed by atoms with Crippen molar-refractivity contribution in [3.8, 4) is 17.6 Å². The Kier molecular flexibility index (Phi) is 5.38. The number of aromatic nitrogens is 3. The summed E-state index contributed by atoms with van der Waals surface area (Å²) in [6.45, 7) is 3.73. The van der Waals surface area contributed by atoms with Crippen LogP contribution in [0.2, 0.25) is 0 Å². The van der Waals surface area contributed by atoms with Crippen molar-refractivity contribution in [2.24, 2.45) is 0 Å². The molecule has 2 aliphatic heterocycles. The minimum absolute atomic E-state index is 0.678. The van der Waals surface area contributed by atoms with Crippen LogP contribution in [0.4, 0.5) is 17.5 Å². The minimum atomic E-state index is 0.678. The van der Waals surface area contributed by atoms with Gasteiger partial charge in [-0.2, -0.15) is 4.98 Å². The molecule has 3 aromatic rings. The molecule has 156 valence electrons. The van der Waals surface area contributed by atoms with Gasteiger partial charge in [0.1, 0.15) is 17.3 Å². The van der Waals surface area contributed by atoms with Gasteiger partial charge in [0, 0.05) is 37.0 Å². The van der Waals surface area contributed by atoms with E-state index in [4.69, 9.17) is 19.4 Å². The predicted octanol–water partition coefficient (Wildman–Crippen LogP) is 2.81. The molecule has 1 saturated heterocycles. The van der Waals surface area contributed by atoms with E-state index in [0.717, 1.165) is 60.1 Å². The summed E-state index contributed by atoms with van der Waals surface area (Å²) in [7, 11) is 1.66. The number of benzene rings is 1. The van der Waals surface area contributed by atoms with Gasteiger partial charge in [0.2, 0.25) is 5.95 Å². The Hall–Kier alpha value is -3.63. The third-order valence-corrected chi connectivity index (χ3v) is 5.46. The lowest BCUT2D eigenvalue weighted by atomic mass is 10.1. The monoisotopic (exact) mass is 413 g/mol. The summed E-state index contributed by atoms with van der Waals surface area (Å²) in [5.41, 5.74) is 3.78. The van der Waals surface area contributed by atoms with Gasteiger partial charge in [0.25, 0.3) is 0 Å². The number of anilines is 3. The van der Waals surface area contributed by atoms with Gasteiger partial charge in [0.05, 0.1) is 32.2 Å². The van der Waals surface area contributed by atoms with Gasteiger partial charge in [-0.05, 0) is 42.7 Å².